The van der Waals surface area contributed by atoms with Crippen molar-refractivity contribution in [3.05, 3.63) is 88.7 Å². The summed E-state index contributed by atoms with van der Waals surface area (Å²) >= 11 is 1.42. The molecule has 4 aromatic rings. The van der Waals surface area contributed by atoms with Crippen molar-refractivity contribution in [3.63, 3.8) is 0 Å². The molecule has 3 aromatic carbocycles. The number of hydrogen-bond donors (Lipinski definition) is 2. The molecule has 1 amide bonds. The Labute approximate surface area is 175 Å². The van der Waals surface area contributed by atoms with Gasteiger partial charge in [0.05, 0.1) is 22.2 Å². The topological polar surface area (TPSA) is 79.3 Å². The molecule has 1 aromatic heterocycles. The van der Waals surface area contributed by atoms with Gasteiger partial charge in [-0.05, 0) is 53.1 Å². The van der Waals surface area contributed by atoms with Gasteiger partial charge in [-0.15, -0.1) is 11.3 Å². The van der Waals surface area contributed by atoms with Gasteiger partial charge in [-0.3, -0.25) is 4.79 Å². The van der Waals surface area contributed by atoms with E-state index < -0.39 is 5.97 Å². The third-order valence-electron chi connectivity index (χ3n) is 4.57. The summed E-state index contributed by atoms with van der Waals surface area (Å²) in [6, 6.07) is 18.6. The summed E-state index contributed by atoms with van der Waals surface area (Å²) in [5, 5.41) is 12.5. The monoisotopic (exact) mass is 420 g/mol. The number of halogens is 1. The minimum absolute atomic E-state index is 0.132. The molecule has 150 valence electrons. The van der Waals surface area contributed by atoms with E-state index >= 15 is 0 Å². The number of carboxylic acids is 1. The Morgan fingerprint density at radius 1 is 1.00 bits per heavy atom. The zero-order valence-electron chi connectivity index (χ0n) is 15.8. The van der Waals surface area contributed by atoms with Gasteiger partial charge in [-0.25, -0.2) is 14.2 Å². The molecule has 0 radical (unpaired) electrons. The van der Waals surface area contributed by atoms with E-state index in [1.807, 2.05) is 24.3 Å². The molecule has 0 spiro atoms. The van der Waals surface area contributed by atoms with Crippen LogP contribution >= 0.6 is 11.3 Å². The van der Waals surface area contributed by atoms with Gasteiger partial charge < -0.3 is 10.4 Å². The number of carboxylic acid groups (broad SMARTS) is 1. The molecule has 1 heterocycles. The molecule has 0 aliphatic carbocycles. The Balaban J connectivity index is 1.44. The van der Waals surface area contributed by atoms with E-state index in [9.17, 15) is 14.0 Å². The molecule has 2 N–H and O–H groups in total. The maximum atomic E-state index is 13.5. The maximum absolute atomic E-state index is 13.5. The third-order valence-corrected chi connectivity index (χ3v) is 5.58. The summed E-state index contributed by atoms with van der Waals surface area (Å²) in [5.74, 6) is -1.49. The van der Waals surface area contributed by atoms with E-state index in [-0.39, 0.29) is 30.3 Å². The van der Waals surface area contributed by atoms with Crippen molar-refractivity contribution >= 4 is 33.4 Å². The van der Waals surface area contributed by atoms with E-state index in [0.717, 1.165) is 21.3 Å². The summed E-state index contributed by atoms with van der Waals surface area (Å²) < 4.78 is 14.4. The Morgan fingerprint density at radius 3 is 2.60 bits per heavy atom. The van der Waals surface area contributed by atoms with Crippen molar-refractivity contribution in [3.8, 4) is 11.1 Å². The highest BCUT2D eigenvalue weighted by Crippen LogP contribution is 2.28. The highest BCUT2D eigenvalue weighted by Gasteiger charge is 2.11. The summed E-state index contributed by atoms with van der Waals surface area (Å²) in [5.41, 5.74) is 3.36. The first-order valence-electron chi connectivity index (χ1n) is 9.22. The number of aromatic nitrogens is 1. The second kappa shape index (κ2) is 8.42. The number of nitrogens with one attached hydrogen (secondary N) is 1. The number of rotatable bonds is 6. The van der Waals surface area contributed by atoms with Gasteiger partial charge in [0.2, 0.25) is 5.91 Å². The molecule has 7 heteroatoms. The smallest absolute Gasteiger partial charge is 0.335 e. The Morgan fingerprint density at radius 2 is 1.80 bits per heavy atom. The maximum Gasteiger partial charge on any atom is 0.335 e. The zero-order valence-corrected chi connectivity index (χ0v) is 16.6. The molecule has 0 fully saturated rings. The number of thiazole rings is 1. The molecule has 0 aliphatic rings. The van der Waals surface area contributed by atoms with Crippen LogP contribution in [0.4, 0.5) is 4.39 Å². The number of benzene rings is 3. The van der Waals surface area contributed by atoms with Crippen molar-refractivity contribution < 1.29 is 19.1 Å². The Bertz CT molecular complexity index is 1250. The van der Waals surface area contributed by atoms with Crippen molar-refractivity contribution in [1.82, 2.24) is 10.3 Å². The fourth-order valence-electron chi connectivity index (χ4n) is 3.11. The summed E-state index contributed by atoms with van der Waals surface area (Å²) in [7, 11) is 0. The molecule has 4 rings (SSSR count). The Hall–Kier alpha value is -3.58. The van der Waals surface area contributed by atoms with Crippen LogP contribution < -0.4 is 5.32 Å². The van der Waals surface area contributed by atoms with Crippen molar-refractivity contribution in [2.45, 2.75) is 13.0 Å². The SMILES string of the molecule is O=C(Cc1nc2ccc(-c3cccc(F)c3)cc2s1)NCc1cccc(C(=O)O)c1. The average molecular weight is 420 g/mol. The number of hydrogen-bond acceptors (Lipinski definition) is 4. The Kier molecular flexibility index (Phi) is 5.54. The standard InChI is InChI=1S/C23H17FN2O3S/c24-18-6-2-4-15(10-18)16-7-8-19-20(11-16)30-22(26-19)12-21(27)25-13-14-3-1-5-17(9-14)23(28)29/h1-11H,12-13H2,(H,25,27)(H,28,29). The van der Waals surface area contributed by atoms with Gasteiger partial charge >= 0.3 is 5.97 Å². The van der Waals surface area contributed by atoms with Crippen LogP contribution in [-0.2, 0) is 17.8 Å². The van der Waals surface area contributed by atoms with E-state index in [1.54, 1.807) is 18.2 Å². The minimum atomic E-state index is -1.00. The number of fused-ring (bicyclic) bond motifs is 1. The van der Waals surface area contributed by atoms with Crippen LogP contribution in [0.3, 0.4) is 0 Å². The molecule has 30 heavy (non-hydrogen) atoms. The summed E-state index contributed by atoms with van der Waals surface area (Å²) in [6.07, 6.45) is 0.132. The molecular formula is C23H17FN2O3S. The first-order chi connectivity index (χ1) is 14.5. The molecule has 0 saturated heterocycles. The predicted molar refractivity (Wildman–Crippen MR) is 114 cm³/mol. The third kappa shape index (κ3) is 4.52. The first kappa shape index (κ1) is 19.7. The second-order valence-electron chi connectivity index (χ2n) is 6.76. The number of amides is 1. The highest BCUT2D eigenvalue weighted by atomic mass is 32.1. The number of nitrogens with zero attached hydrogens (tertiary/aromatic N) is 1. The second-order valence-corrected chi connectivity index (χ2v) is 7.87. The van der Waals surface area contributed by atoms with Gasteiger partial charge in [0.1, 0.15) is 10.8 Å². The largest absolute Gasteiger partial charge is 0.478 e. The lowest BCUT2D eigenvalue weighted by Crippen LogP contribution is -2.24. The van der Waals surface area contributed by atoms with Gasteiger partial charge in [0.15, 0.2) is 0 Å². The average Bonchev–Trinajstić information content (AvgIpc) is 3.13. The fraction of sp³-hybridized carbons (Fsp3) is 0.0870. The van der Waals surface area contributed by atoms with Crippen molar-refractivity contribution in [1.29, 1.82) is 0 Å². The normalized spacial score (nSPS) is 10.8. The van der Waals surface area contributed by atoms with Crippen LogP contribution in [0.25, 0.3) is 21.3 Å². The lowest BCUT2D eigenvalue weighted by Gasteiger charge is -2.05. The number of carbonyl (C=O) groups excluding carboxylic acids is 1. The van der Waals surface area contributed by atoms with Crippen molar-refractivity contribution in [2.75, 3.05) is 0 Å². The molecular weight excluding hydrogens is 403 g/mol. The van der Waals surface area contributed by atoms with Crippen LogP contribution in [0.15, 0.2) is 66.7 Å². The lowest BCUT2D eigenvalue weighted by atomic mass is 10.1. The van der Waals surface area contributed by atoms with E-state index in [4.69, 9.17) is 5.11 Å². The van der Waals surface area contributed by atoms with Crippen LogP contribution in [0, 0.1) is 5.82 Å². The molecule has 0 bridgehead atoms. The van der Waals surface area contributed by atoms with E-state index in [1.165, 1.54) is 35.6 Å². The van der Waals surface area contributed by atoms with Gasteiger partial charge in [-0.1, -0.05) is 30.3 Å². The van der Waals surface area contributed by atoms with Crippen LogP contribution in [0.2, 0.25) is 0 Å². The molecule has 0 aliphatic heterocycles. The zero-order chi connectivity index (χ0) is 21.1. The number of aromatic carboxylic acids is 1. The van der Waals surface area contributed by atoms with E-state index in [0.29, 0.717) is 10.6 Å². The van der Waals surface area contributed by atoms with E-state index in [2.05, 4.69) is 10.3 Å². The van der Waals surface area contributed by atoms with Crippen LogP contribution in [0.1, 0.15) is 20.9 Å². The van der Waals surface area contributed by atoms with Gasteiger partial charge in [0, 0.05) is 6.54 Å². The lowest BCUT2D eigenvalue weighted by molar-refractivity contribution is -0.120. The van der Waals surface area contributed by atoms with Gasteiger partial charge in [0.25, 0.3) is 0 Å². The van der Waals surface area contributed by atoms with Crippen LogP contribution in [-0.4, -0.2) is 22.0 Å². The fourth-order valence-corrected chi connectivity index (χ4v) is 4.12. The first-order valence-corrected chi connectivity index (χ1v) is 10.0. The molecule has 5 nitrogen and oxygen atoms in total. The quantitative estimate of drug-likeness (QED) is 0.476. The van der Waals surface area contributed by atoms with Gasteiger partial charge in [-0.2, -0.15) is 0 Å². The van der Waals surface area contributed by atoms with Crippen molar-refractivity contribution in [2.24, 2.45) is 0 Å². The number of carbonyl (C=O) groups is 2. The van der Waals surface area contributed by atoms with Crippen LogP contribution in [0.5, 0.6) is 0 Å². The summed E-state index contributed by atoms with van der Waals surface area (Å²) in [6.45, 7) is 0.245. The summed E-state index contributed by atoms with van der Waals surface area (Å²) in [4.78, 5) is 27.8. The highest BCUT2D eigenvalue weighted by molar-refractivity contribution is 7.18. The minimum Gasteiger partial charge on any atom is -0.478 e. The molecule has 0 saturated carbocycles. The molecule has 0 unspecified atom stereocenters. The predicted octanol–water partition coefficient (Wildman–Crippen LogP) is 4.66. The molecule has 0 atom stereocenters.